The third kappa shape index (κ3) is 4.14. The van der Waals surface area contributed by atoms with Crippen LogP contribution in [0.5, 0.6) is 0 Å². The Kier molecular flexibility index (Phi) is 5.30. The summed E-state index contributed by atoms with van der Waals surface area (Å²) < 4.78 is 0. The molecule has 1 fully saturated rings. The highest BCUT2D eigenvalue weighted by molar-refractivity contribution is 6.44. The van der Waals surface area contributed by atoms with Crippen LogP contribution in [0.25, 0.3) is 0 Å². The zero-order chi connectivity index (χ0) is 18.0. The van der Waals surface area contributed by atoms with Crippen molar-refractivity contribution in [2.75, 3.05) is 11.9 Å². The van der Waals surface area contributed by atoms with Crippen LogP contribution in [0.4, 0.5) is 5.69 Å². The minimum atomic E-state index is -0.395. The average molecular weight is 377 g/mol. The van der Waals surface area contributed by atoms with Gasteiger partial charge >= 0.3 is 0 Å². The molecule has 1 heterocycles. The molecule has 1 atom stereocenters. The number of hydrogen-bond acceptors (Lipinski definition) is 2. The highest BCUT2D eigenvalue weighted by Crippen LogP contribution is 2.30. The van der Waals surface area contributed by atoms with Crippen LogP contribution in [0.2, 0.25) is 10.0 Å². The lowest BCUT2D eigenvalue weighted by Crippen LogP contribution is -2.28. The molecule has 25 heavy (non-hydrogen) atoms. The molecule has 1 unspecified atom stereocenters. The van der Waals surface area contributed by atoms with Crippen LogP contribution in [0.3, 0.4) is 0 Å². The zero-order valence-electron chi connectivity index (χ0n) is 13.8. The van der Waals surface area contributed by atoms with Crippen LogP contribution in [0.1, 0.15) is 17.5 Å². The predicted octanol–water partition coefficient (Wildman–Crippen LogP) is 4.29. The van der Waals surface area contributed by atoms with E-state index in [1.54, 1.807) is 23.1 Å². The van der Waals surface area contributed by atoms with Crippen molar-refractivity contribution < 1.29 is 9.59 Å². The van der Waals surface area contributed by atoms with Crippen LogP contribution < -0.4 is 5.32 Å². The third-order valence-corrected chi connectivity index (χ3v) is 5.11. The lowest BCUT2D eigenvalue weighted by atomic mass is 10.1. The smallest absolute Gasteiger partial charge is 0.229 e. The van der Waals surface area contributed by atoms with Crippen molar-refractivity contribution >= 4 is 40.7 Å². The Morgan fingerprint density at radius 1 is 1.20 bits per heavy atom. The summed E-state index contributed by atoms with van der Waals surface area (Å²) in [5, 5.41) is 3.45. The molecule has 1 aliphatic heterocycles. The van der Waals surface area contributed by atoms with Crippen molar-refractivity contribution in [3.05, 3.63) is 63.6 Å². The second kappa shape index (κ2) is 7.46. The number of nitrogens with zero attached hydrogens (tertiary/aromatic N) is 1. The number of nitrogens with one attached hydrogen (secondary N) is 1. The molecule has 1 aliphatic rings. The quantitative estimate of drug-likeness (QED) is 0.864. The van der Waals surface area contributed by atoms with Crippen LogP contribution >= 0.6 is 23.2 Å². The summed E-state index contributed by atoms with van der Waals surface area (Å²) in [7, 11) is 0. The minimum Gasteiger partial charge on any atom is -0.338 e. The first-order valence-electron chi connectivity index (χ1n) is 8.02. The molecular weight excluding hydrogens is 359 g/mol. The predicted molar refractivity (Wildman–Crippen MR) is 99.8 cm³/mol. The Balaban J connectivity index is 1.64. The molecule has 0 radical (unpaired) electrons. The van der Waals surface area contributed by atoms with E-state index in [0.29, 0.717) is 28.8 Å². The molecule has 2 aromatic rings. The molecule has 3 rings (SSSR count). The van der Waals surface area contributed by atoms with Gasteiger partial charge in [0, 0.05) is 19.5 Å². The summed E-state index contributed by atoms with van der Waals surface area (Å²) in [6.45, 7) is 2.93. The number of amides is 2. The van der Waals surface area contributed by atoms with Gasteiger partial charge in [-0.15, -0.1) is 0 Å². The summed E-state index contributed by atoms with van der Waals surface area (Å²) in [5.74, 6) is -0.630. The fourth-order valence-electron chi connectivity index (χ4n) is 2.85. The van der Waals surface area contributed by atoms with Crippen LogP contribution in [0, 0.1) is 12.8 Å². The van der Waals surface area contributed by atoms with Crippen molar-refractivity contribution in [1.82, 2.24) is 4.90 Å². The molecule has 1 saturated heterocycles. The van der Waals surface area contributed by atoms with E-state index in [2.05, 4.69) is 5.32 Å². The summed E-state index contributed by atoms with van der Waals surface area (Å²) in [4.78, 5) is 26.4. The molecule has 0 bridgehead atoms. The number of carbonyl (C=O) groups excluding carboxylic acids is 2. The number of anilines is 1. The number of carbonyl (C=O) groups is 2. The number of likely N-dealkylation sites (tertiary alicyclic amines) is 1. The summed E-state index contributed by atoms with van der Waals surface area (Å²) in [6, 6.07) is 13.1. The number of aryl methyl sites for hydroxylation is 1. The van der Waals surface area contributed by atoms with Gasteiger partial charge in [0.2, 0.25) is 11.8 Å². The molecule has 6 heteroatoms. The van der Waals surface area contributed by atoms with Gasteiger partial charge in [-0.3, -0.25) is 9.59 Å². The molecule has 4 nitrogen and oxygen atoms in total. The Morgan fingerprint density at radius 2 is 1.92 bits per heavy atom. The SMILES string of the molecule is Cc1ccc(CN2CC(C(=O)Nc3cccc(Cl)c3Cl)CC2=O)cc1. The van der Waals surface area contributed by atoms with E-state index in [9.17, 15) is 9.59 Å². The average Bonchev–Trinajstić information content (AvgIpc) is 2.95. The Hall–Kier alpha value is -2.04. The van der Waals surface area contributed by atoms with E-state index in [1.165, 1.54) is 5.56 Å². The Morgan fingerprint density at radius 3 is 2.64 bits per heavy atom. The molecular formula is C19H18Cl2N2O2. The van der Waals surface area contributed by atoms with E-state index in [4.69, 9.17) is 23.2 Å². The molecule has 1 N–H and O–H groups in total. The van der Waals surface area contributed by atoms with Gasteiger partial charge in [-0.25, -0.2) is 0 Å². The highest BCUT2D eigenvalue weighted by Gasteiger charge is 2.34. The normalized spacial score (nSPS) is 17.0. The summed E-state index contributed by atoms with van der Waals surface area (Å²) >= 11 is 12.1. The summed E-state index contributed by atoms with van der Waals surface area (Å²) in [5.41, 5.74) is 2.69. The maximum Gasteiger partial charge on any atom is 0.229 e. The van der Waals surface area contributed by atoms with Crippen molar-refractivity contribution in [2.24, 2.45) is 5.92 Å². The van der Waals surface area contributed by atoms with Gasteiger partial charge in [-0.2, -0.15) is 0 Å². The standard InChI is InChI=1S/C19H18Cl2N2O2/c1-12-5-7-13(8-6-12)10-23-11-14(9-17(23)24)19(25)22-16-4-2-3-15(20)18(16)21/h2-8,14H,9-11H2,1H3,(H,22,25). The maximum atomic E-state index is 12.5. The lowest BCUT2D eigenvalue weighted by molar-refractivity contribution is -0.128. The van der Waals surface area contributed by atoms with Crippen molar-refractivity contribution in [3.8, 4) is 0 Å². The molecule has 130 valence electrons. The van der Waals surface area contributed by atoms with Gasteiger partial charge in [0.05, 0.1) is 21.7 Å². The van der Waals surface area contributed by atoms with Crippen LogP contribution in [-0.2, 0) is 16.1 Å². The first-order valence-corrected chi connectivity index (χ1v) is 8.78. The summed E-state index contributed by atoms with van der Waals surface area (Å²) in [6.07, 6.45) is 0.204. The molecule has 2 aromatic carbocycles. The number of halogens is 2. The van der Waals surface area contributed by atoms with E-state index in [0.717, 1.165) is 5.56 Å². The second-order valence-electron chi connectivity index (χ2n) is 6.25. The van der Waals surface area contributed by atoms with E-state index in [-0.39, 0.29) is 18.2 Å². The molecule has 0 aliphatic carbocycles. The first kappa shape index (κ1) is 17.8. The lowest BCUT2D eigenvalue weighted by Gasteiger charge is -2.17. The monoisotopic (exact) mass is 376 g/mol. The van der Waals surface area contributed by atoms with E-state index in [1.807, 2.05) is 31.2 Å². The highest BCUT2D eigenvalue weighted by atomic mass is 35.5. The van der Waals surface area contributed by atoms with Gasteiger partial charge in [0.1, 0.15) is 0 Å². The largest absolute Gasteiger partial charge is 0.338 e. The van der Waals surface area contributed by atoms with Gasteiger partial charge in [0.25, 0.3) is 0 Å². The number of rotatable bonds is 4. The van der Waals surface area contributed by atoms with Gasteiger partial charge in [0.15, 0.2) is 0 Å². The van der Waals surface area contributed by atoms with Crippen molar-refractivity contribution in [3.63, 3.8) is 0 Å². The topological polar surface area (TPSA) is 49.4 Å². The second-order valence-corrected chi connectivity index (χ2v) is 7.04. The third-order valence-electron chi connectivity index (χ3n) is 4.29. The Bertz CT molecular complexity index is 806. The van der Waals surface area contributed by atoms with Crippen molar-refractivity contribution in [1.29, 1.82) is 0 Å². The van der Waals surface area contributed by atoms with E-state index < -0.39 is 5.92 Å². The molecule has 0 spiro atoms. The fourth-order valence-corrected chi connectivity index (χ4v) is 3.20. The van der Waals surface area contributed by atoms with Gasteiger partial charge < -0.3 is 10.2 Å². The number of benzene rings is 2. The van der Waals surface area contributed by atoms with Crippen LogP contribution in [-0.4, -0.2) is 23.3 Å². The molecule has 2 amide bonds. The van der Waals surface area contributed by atoms with Gasteiger partial charge in [-0.05, 0) is 24.6 Å². The van der Waals surface area contributed by atoms with E-state index >= 15 is 0 Å². The zero-order valence-corrected chi connectivity index (χ0v) is 15.3. The maximum absolute atomic E-state index is 12.5. The fraction of sp³-hybridized carbons (Fsp3) is 0.263. The Labute approximate surface area is 156 Å². The minimum absolute atomic E-state index is 0.0158. The molecule has 0 saturated carbocycles. The van der Waals surface area contributed by atoms with Gasteiger partial charge in [-0.1, -0.05) is 59.1 Å². The van der Waals surface area contributed by atoms with Crippen molar-refractivity contribution in [2.45, 2.75) is 19.9 Å². The first-order chi connectivity index (χ1) is 11.9. The molecule has 0 aromatic heterocycles. The number of hydrogen-bond donors (Lipinski definition) is 1. The van der Waals surface area contributed by atoms with Crippen LogP contribution in [0.15, 0.2) is 42.5 Å².